The lowest BCUT2D eigenvalue weighted by Crippen LogP contribution is -2.28. The Bertz CT molecular complexity index is 336. The third-order valence-electron chi connectivity index (χ3n) is 2.67. The van der Waals surface area contributed by atoms with Crippen molar-refractivity contribution in [3.63, 3.8) is 0 Å². The van der Waals surface area contributed by atoms with E-state index in [1.807, 2.05) is 52.0 Å². The molecular weight excluding hydrogens is 188 g/mol. The Hall–Kier alpha value is -1.31. The highest BCUT2D eigenvalue weighted by atomic mass is 16.5. The molecular formula is C13H18O2. The summed E-state index contributed by atoms with van der Waals surface area (Å²) in [6.07, 6.45) is 0.775. The Balaban J connectivity index is 2.71. The standard InChI is InChI=1S/C13H18O2/c1-5-13(3,4)12(14)15-11-8-6-10(2)7-9-11/h6-9H,5H2,1-4H3. The van der Waals surface area contributed by atoms with E-state index in [1.165, 1.54) is 0 Å². The van der Waals surface area contributed by atoms with Crippen LogP contribution >= 0.6 is 0 Å². The molecule has 15 heavy (non-hydrogen) atoms. The van der Waals surface area contributed by atoms with E-state index in [2.05, 4.69) is 0 Å². The van der Waals surface area contributed by atoms with Crippen molar-refractivity contribution in [2.75, 3.05) is 0 Å². The van der Waals surface area contributed by atoms with Gasteiger partial charge in [-0.2, -0.15) is 0 Å². The molecule has 0 heterocycles. The lowest BCUT2D eigenvalue weighted by atomic mass is 9.91. The zero-order valence-corrected chi connectivity index (χ0v) is 9.83. The first-order valence-corrected chi connectivity index (χ1v) is 5.24. The van der Waals surface area contributed by atoms with E-state index < -0.39 is 5.41 Å². The van der Waals surface area contributed by atoms with Crippen LogP contribution in [0.15, 0.2) is 24.3 Å². The lowest BCUT2D eigenvalue weighted by molar-refractivity contribution is -0.144. The average Bonchev–Trinajstić information content (AvgIpc) is 2.21. The summed E-state index contributed by atoms with van der Waals surface area (Å²) >= 11 is 0. The van der Waals surface area contributed by atoms with Crippen molar-refractivity contribution < 1.29 is 9.53 Å². The van der Waals surface area contributed by atoms with E-state index in [9.17, 15) is 4.79 Å². The van der Waals surface area contributed by atoms with E-state index >= 15 is 0 Å². The second-order valence-electron chi connectivity index (χ2n) is 4.44. The van der Waals surface area contributed by atoms with Gasteiger partial charge in [0.2, 0.25) is 0 Å². The Morgan fingerprint density at radius 1 is 1.27 bits per heavy atom. The molecule has 0 aliphatic rings. The normalized spacial score (nSPS) is 11.2. The van der Waals surface area contributed by atoms with E-state index in [0.29, 0.717) is 5.75 Å². The molecule has 1 rings (SSSR count). The Kier molecular flexibility index (Phi) is 3.51. The second kappa shape index (κ2) is 4.47. The van der Waals surface area contributed by atoms with Gasteiger partial charge in [-0.3, -0.25) is 4.79 Å². The van der Waals surface area contributed by atoms with Crippen molar-refractivity contribution in [1.29, 1.82) is 0 Å². The molecule has 0 amide bonds. The summed E-state index contributed by atoms with van der Waals surface area (Å²) in [5, 5.41) is 0. The molecule has 0 saturated heterocycles. The molecule has 0 bridgehead atoms. The molecule has 82 valence electrons. The van der Waals surface area contributed by atoms with Gasteiger partial charge < -0.3 is 4.74 Å². The number of aryl methyl sites for hydroxylation is 1. The van der Waals surface area contributed by atoms with Crippen LogP contribution in [0.5, 0.6) is 5.75 Å². The number of benzene rings is 1. The van der Waals surface area contributed by atoms with Crippen LogP contribution in [0.25, 0.3) is 0 Å². The Labute approximate surface area is 91.3 Å². The predicted octanol–water partition coefficient (Wildman–Crippen LogP) is 3.34. The van der Waals surface area contributed by atoms with Crippen molar-refractivity contribution in [2.24, 2.45) is 5.41 Å². The number of esters is 1. The summed E-state index contributed by atoms with van der Waals surface area (Å²) in [5.74, 6) is 0.445. The third-order valence-corrected chi connectivity index (χ3v) is 2.67. The first-order valence-electron chi connectivity index (χ1n) is 5.24. The van der Waals surface area contributed by atoms with Crippen molar-refractivity contribution in [1.82, 2.24) is 0 Å². The van der Waals surface area contributed by atoms with Crippen LogP contribution in [-0.2, 0) is 4.79 Å². The van der Waals surface area contributed by atoms with Gasteiger partial charge >= 0.3 is 5.97 Å². The van der Waals surface area contributed by atoms with Crippen molar-refractivity contribution in [3.8, 4) is 5.75 Å². The molecule has 0 fully saturated rings. The van der Waals surface area contributed by atoms with Gasteiger partial charge in [-0.05, 0) is 39.3 Å². The molecule has 1 aromatic rings. The van der Waals surface area contributed by atoms with E-state index in [0.717, 1.165) is 12.0 Å². The molecule has 0 aliphatic carbocycles. The highest BCUT2D eigenvalue weighted by Crippen LogP contribution is 2.23. The van der Waals surface area contributed by atoms with Gasteiger partial charge in [-0.25, -0.2) is 0 Å². The van der Waals surface area contributed by atoms with Crippen LogP contribution in [0.1, 0.15) is 32.8 Å². The van der Waals surface area contributed by atoms with Gasteiger partial charge in [0.05, 0.1) is 5.41 Å². The zero-order valence-electron chi connectivity index (χ0n) is 9.83. The lowest BCUT2D eigenvalue weighted by Gasteiger charge is -2.19. The second-order valence-corrected chi connectivity index (χ2v) is 4.44. The summed E-state index contributed by atoms with van der Waals surface area (Å²) in [6, 6.07) is 7.50. The minimum atomic E-state index is -0.412. The summed E-state index contributed by atoms with van der Waals surface area (Å²) < 4.78 is 5.29. The maximum atomic E-state index is 11.7. The zero-order chi connectivity index (χ0) is 11.5. The number of ether oxygens (including phenoxy) is 1. The van der Waals surface area contributed by atoms with Gasteiger partial charge in [0.25, 0.3) is 0 Å². The molecule has 0 aliphatic heterocycles. The molecule has 0 saturated carbocycles. The van der Waals surface area contributed by atoms with Gasteiger partial charge in [0, 0.05) is 0 Å². The summed E-state index contributed by atoms with van der Waals surface area (Å²) in [5.41, 5.74) is 0.745. The Morgan fingerprint density at radius 2 is 1.80 bits per heavy atom. The first-order chi connectivity index (χ1) is 6.95. The topological polar surface area (TPSA) is 26.3 Å². The first kappa shape index (κ1) is 11.8. The maximum absolute atomic E-state index is 11.7. The third kappa shape index (κ3) is 3.08. The molecule has 2 nitrogen and oxygen atoms in total. The summed E-state index contributed by atoms with van der Waals surface area (Å²) in [7, 11) is 0. The molecule has 0 unspecified atom stereocenters. The highest BCUT2D eigenvalue weighted by molar-refractivity contribution is 5.78. The molecule has 2 heteroatoms. The number of hydrogen-bond acceptors (Lipinski definition) is 2. The maximum Gasteiger partial charge on any atom is 0.316 e. The quantitative estimate of drug-likeness (QED) is 0.560. The summed E-state index contributed by atoms with van der Waals surface area (Å²) in [4.78, 5) is 11.7. The van der Waals surface area contributed by atoms with Crippen molar-refractivity contribution in [2.45, 2.75) is 34.1 Å². The SMILES string of the molecule is CCC(C)(C)C(=O)Oc1ccc(C)cc1. The molecule has 0 atom stereocenters. The van der Waals surface area contributed by atoms with Crippen LogP contribution < -0.4 is 4.74 Å². The highest BCUT2D eigenvalue weighted by Gasteiger charge is 2.27. The minimum absolute atomic E-state index is 0.172. The predicted molar refractivity (Wildman–Crippen MR) is 60.9 cm³/mol. The molecule has 0 N–H and O–H groups in total. The fourth-order valence-electron chi connectivity index (χ4n) is 0.996. The fourth-order valence-corrected chi connectivity index (χ4v) is 0.996. The average molecular weight is 206 g/mol. The number of carbonyl (C=O) groups excluding carboxylic acids is 1. The molecule has 0 aromatic heterocycles. The van der Waals surface area contributed by atoms with Crippen LogP contribution in [0.2, 0.25) is 0 Å². The molecule has 0 spiro atoms. The van der Waals surface area contributed by atoms with E-state index in [1.54, 1.807) is 0 Å². The molecule has 1 aromatic carbocycles. The van der Waals surface area contributed by atoms with Crippen molar-refractivity contribution >= 4 is 5.97 Å². The summed E-state index contributed by atoms with van der Waals surface area (Å²) in [6.45, 7) is 7.77. The van der Waals surface area contributed by atoms with Crippen LogP contribution in [0.4, 0.5) is 0 Å². The van der Waals surface area contributed by atoms with Gasteiger partial charge in [-0.1, -0.05) is 24.6 Å². The largest absolute Gasteiger partial charge is 0.426 e. The minimum Gasteiger partial charge on any atom is -0.426 e. The number of rotatable bonds is 3. The molecule has 0 radical (unpaired) electrons. The van der Waals surface area contributed by atoms with E-state index in [-0.39, 0.29) is 5.97 Å². The van der Waals surface area contributed by atoms with Crippen LogP contribution in [0, 0.1) is 12.3 Å². The monoisotopic (exact) mass is 206 g/mol. The van der Waals surface area contributed by atoms with Crippen LogP contribution in [-0.4, -0.2) is 5.97 Å². The fraction of sp³-hybridized carbons (Fsp3) is 0.462. The van der Waals surface area contributed by atoms with Gasteiger partial charge in [0.1, 0.15) is 5.75 Å². The Morgan fingerprint density at radius 3 is 2.27 bits per heavy atom. The van der Waals surface area contributed by atoms with Gasteiger partial charge in [0.15, 0.2) is 0 Å². The smallest absolute Gasteiger partial charge is 0.316 e. The van der Waals surface area contributed by atoms with Crippen LogP contribution in [0.3, 0.4) is 0 Å². The van der Waals surface area contributed by atoms with Gasteiger partial charge in [-0.15, -0.1) is 0 Å². The van der Waals surface area contributed by atoms with Crippen molar-refractivity contribution in [3.05, 3.63) is 29.8 Å². The number of carbonyl (C=O) groups is 1. The number of hydrogen-bond donors (Lipinski definition) is 0. The van der Waals surface area contributed by atoms with E-state index in [4.69, 9.17) is 4.74 Å².